The highest BCUT2D eigenvalue weighted by molar-refractivity contribution is 5.83. The lowest BCUT2D eigenvalue weighted by Crippen LogP contribution is -2.03. The third-order valence-corrected chi connectivity index (χ3v) is 3.19. The summed E-state index contributed by atoms with van der Waals surface area (Å²) in [5, 5.41) is 7.87. The minimum atomic E-state index is -0.335. The first-order valence-electron chi connectivity index (χ1n) is 6.91. The van der Waals surface area contributed by atoms with Crippen LogP contribution in [0.3, 0.4) is 0 Å². The first-order chi connectivity index (χ1) is 9.76. The molecule has 0 atom stereocenters. The van der Waals surface area contributed by atoms with Gasteiger partial charge >= 0.3 is 0 Å². The summed E-state index contributed by atoms with van der Waals surface area (Å²) in [5.74, 6) is -0.335. The molecular weight excluding hydrogens is 257 g/mol. The van der Waals surface area contributed by atoms with E-state index in [1.807, 2.05) is 0 Å². The van der Waals surface area contributed by atoms with Crippen LogP contribution >= 0.6 is 0 Å². The smallest absolute Gasteiger partial charge is 0.172 e. The molecule has 0 spiro atoms. The van der Waals surface area contributed by atoms with Crippen molar-refractivity contribution in [1.82, 2.24) is 15.0 Å². The zero-order chi connectivity index (χ0) is 14.4. The van der Waals surface area contributed by atoms with Crippen molar-refractivity contribution in [1.29, 1.82) is 0 Å². The minimum Gasteiger partial charge on any atom is -0.296 e. The molecule has 4 nitrogen and oxygen atoms in total. The van der Waals surface area contributed by atoms with Gasteiger partial charge in [-0.05, 0) is 18.6 Å². The van der Waals surface area contributed by atoms with Crippen molar-refractivity contribution in [3.05, 3.63) is 35.8 Å². The highest BCUT2D eigenvalue weighted by Gasteiger charge is 2.14. The molecule has 0 amide bonds. The molecular formula is C15H18FN3O. The number of halogens is 1. The van der Waals surface area contributed by atoms with E-state index in [4.69, 9.17) is 0 Å². The zero-order valence-electron chi connectivity index (χ0n) is 11.6. The van der Waals surface area contributed by atoms with Crippen LogP contribution in [0.1, 0.15) is 43.1 Å². The van der Waals surface area contributed by atoms with E-state index in [0.717, 1.165) is 19.3 Å². The van der Waals surface area contributed by atoms with Gasteiger partial charge in [0.2, 0.25) is 0 Å². The van der Waals surface area contributed by atoms with Crippen LogP contribution < -0.4 is 0 Å². The molecule has 5 heteroatoms. The molecule has 0 fully saturated rings. The SMILES string of the molecule is CCCCCCn1nnc(C=O)c1-c1cccc(F)c1. The standard InChI is InChI=1S/C15H18FN3O/c1-2-3-4-5-9-19-15(14(11-20)17-18-19)12-7-6-8-13(16)10-12/h6-8,10-11H,2-5,9H2,1H3. The Morgan fingerprint density at radius 1 is 1.30 bits per heavy atom. The fraction of sp³-hybridized carbons (Fsp3) is 0.400. The second kappa shape index (κ2) is 6.93. The number of hydrogen-bond donors (Lipinski definition) is 0. The van der Waals surface area contributed by atoms with Crippen LogP contribution in [-0.2, 0) is 6.54 Å². The Balaban J connectivity index is 2.25. The van der Waals surface area contributed by atoms with Gasteiger partial charge in [-0.2, -0.15) is 0 Å². The van der Waals surface area contributed by atoms with E-state index >= 15 is 0 Å². The summed E-state index contributed by atoms with van der Waals surface area (Å²) in [7, 11) is 0. The van der Waals surface area contributed by atoms with Crippen molar-refractivity contribution in [3.8, 4) is 11.3 Å². The minimum absolute atomic E-state index is 0.256. The molecule has 0 aliphatic heterocycles. The fourth-order valence-electron chi connectivity index (χ4n) is 2.18. The molecule has 20 heavy (non-hydrogen) atoms. The van der Waals surface area contributed by atoms with E-state index in [-0.39, 0.29) is 11.5 Å². The topological polar surface area (TPSA) is 47.8 Å². The van der Waals surface area contributed by atoms with Gasteiger partial charge in [0.25, 0.3) is 0 Å². The number of aromatic nitrogens is 3. The molecule has 1 aromatic carbocycles. The van der Waals surface area contributed by atoms with Gasteiger partial charge in [0.05, 0.1) is 5.69 Å². The molecule has 0 unspecified atom stereocenters. The predicted octanol–water partition coefficient (Wildman–Crippen LogP) is 3.48. The van der Waals surface area contributed by atoms with E-state index in [1.165, 1.54) is 18.6 Å². The second-order valence-electron chi connectivity index (χ2n) is 4.74. The quantitative estimate of drug-likeness (QED) is 0.574. The van der Waals surface area contributed by atoms with Crippen molar-refractivity contribution >= 4 is 6.29 Å². The van der Waals surface area contributed by atoms with Gasteiger partial charge in [-0.1, -0.05) is 43.5 Å². The maximum atomic E-state index is 13.3. The van der Waals surface area contributed by atoms with Crippen molar-refractivity contribution in [2.24, 2.45) is 0 Å². The third kappa shape index (κ3) is 3.29. The van der Waals surface area contributed by atoms with Gasteiger partial charge in [0, 0.05) is 12.1 Å². The monoisotopic (exact) mass is 275 g/mol. The lowest BCUT2D eigenvalue weighted by molar-refractivity contribution is 0.111. The van der Waals surface area contributed by atoms with Gasteiger partial charge in [-0.25, -0.2) is 9.07 Å². The number of aldehydes is 1. The average Bonchev–Trinajstić information content (AvgIpc) is 2.86. The maximum absolute atomic E-state index is 13.3. The van der Waals surface area contributed by atoms with Crippen LogP contribution in [0.25, 0.3) is 11.3 Å². The first kappa shape index (κ1) is 14.4. The van der Waals surface area contributed by atoms with E-state index in [0.29, 0.717) is 24.1 Å². The molecule has 106 valence electrons. The molecule has 0 N–H and O–H groups in total. The van der Waals surface area contributed by atoms with E-state index in [1.54, 1.807) is 16.8 Å². The number of carbonyl (C=O) groups is 1. The highest BCUT2D eigenvalue weighted by atomic mass is 19.1. The van der Waals surface area contributed by atoms with Crippen molar-refractivity contribution in [2.75, 3.05) is 0 Å². The number of rotatable bonds is 7. The number of hydrogen-bond acceptors (Lipinski definition) is 3. The third-order valence-electron chi connectivity index (χ3n) is 3.19. The Bertz CT molecular complexity index is 580. The Kier molecular flexibility index (Phi) is 4.98. The zero-order valence-corrected chi connectivity index (χ0v) is 11.6. The first-order valence-corrected chi connectivity index (χ1v) is 6.91. The predicted molar refractivity (Wildman–Crippen MR) is 74.9 cm³/mol. The molecule has 0 saturated carbocycles. The molecule has 0 aliphatic carbocycles. The van der Waals surface area contributed by atoms with E-state index in [2.05, 4.69) is 17.2 Å². The lowest BCUT2D eigenvalue weighted by atomic mass is 10.1. The second-order valence-corrected chi connectivity index (χ2v) is 4.74. The molecule has 1 heterocycles. The van der Waals surface area contributed by atoms with Gasteiger partial charge in [-0.15, -0.1) is 5.10 Å². The maximum Gasteiger partial charge on any atom is 0.172 e. The fourth-order valence-corrected chi connectivity index (χ4v) is 2.18. The van der Waals surface area contributed by atoms with Crippen LogP contribution in [0.4, 0.5) is 4.39 Å². The van der Waals surface area contributed by atoms with Gasteiger partial charge in [-0.3, -0.25) is 4.79 Å². The Hall–Kier alpha value is -2.04. The van der Waals surface area contributed by atoms with Crippen LogP contribution in [-0.4, -0.2) is 21.3 Å². The normalized spacial score (nSPS) is 10.7. The molecule has 2 rings (SSSR count). The largest absolute Gasteiger partial charge is 0.296 e. The summed E-state index contributed by atoms with van der Waals surface area (Å²) in [6.07, 6.45) is 5.07. The van der Waals surface area contributed by atoms with Crippen LogP contribution in [0.5, 0.6) is 0 Å². The summed E-state index contributed by atoms with van der Waals surface area (Å²) in [4.78, 5) is 11.1. The summed E-state index contributed by atoms with van der Waals surface area (Å²) in [6.45, 7) is 2.84. The Morgan fingerprint density at radius 2 is 2.15 bits per heavy atom. The lowest BCUT2D eigenvalue weighted by Gasteiger charge is -2.07. The summed E-state index contributed by atoms with van der Waals surface area (Å²) >= 11 is 0. The molecule has 1 aromatic heterocycles. The molecule has 0 saturated heterocycles. The van der Waals surface area contributed by atoms with Crippen LogP contribution in [0.2, 0.25) is 0 Å². The molecule has 2 aromatic rings. The highest BCUT2D eigenvalue weighted by Crippen LogP contribution is 2.22. The molecule has 0 bridgehead atoms. The van der Waals surface area contributed by atoms with Gasteiger partial charge in [0.1, 0.15) is 5.82 Å². The number of aryl methyl sites for hydroxylation is 1. The number of nitrogens with zero attached hydrogens (tertiary/aromatic N) is 3. The van der Waals surface area contributed by atoms with Crippen molar-refractivity contribution in [2.45, 2.75) is 39.2 Å². The van der Waals surface area contributed by atoms with Crippen molar-refractivity contribution in [3.63, 3.8) is 0 Å². The molecule has 0 aliphatic rings. The summed E-state index contributed by atoms with van der Waals surface area (Å²) in [5.41, 5.74) is 1.48. The molecule has 0 radical (unpaired) electrons. The van der Waals surface area contributed by atoms with Crippen molar-refractivity contribution < 1.29 is 9.18 Å². The van der Waals surface area contributed by atoms with Gasteiger partial charge < -0.3 is 0 Å². The number of benzene rings is 1. The summed E-state index contributed by atoms with van der Waals surface area (Å²) < 4.78 is 15.0. The van der Waals surface area contributed by atoms with Crippen LogP contribution in [0, 0.1) is 5.82 Å². The van der Waals surface area contributed by atoms with Gasteiger partial charge in [0.15, 0.2) is 12.0 Å². The number of unbranched alkanes of at least 4 members (excludes halogenated alkanes) is 3. The number of carbonyl (C=O) groups excluding carboxylic acids is 1. The van der Waals surface area contributed by atoms with E-state index < -0.39 is 0 Å². The van der Waals surface area contributed by atoms with E-state index in [9.17, 15) is 9.18 Å². The Morgan fingerprint density at radius 3 is 2.85 bits per heavy atom. The average molecular weight is 275 g/mol. The van der Waals surface area contributed by atoms with Crippen LogP contribution in [0.15, 0.2) is 24.3 Å². The summed E-state index contributed by atoms with van der Waals surface area (Å²) in [6, 6.07) is 6.15. The Labute approximate surface area is 117 Å².